The van der Waals surface area contributed by atoms with E-state index in [9.17, 15) is 19.7 Å². The van der Waals surface area contributed by atoms with Crippen molar-refractivity contribution in [2.24, 2.45) is 0 Å². The van der Waals surface area contributed by atoms with Crippen LogP contribution in [-0.2, 0) is 4.79 Å². The Balaban J connectivity index is 2.19. The molecule has 130 valence electrons. The third-order valence-electron chi connectivity index (χ3n) is 3.28. The van der Waals surface area contributed by atoms with E-state index in [-0.39, 0.29) is 22.2 Å². The van der Waals surface area contributed by atoms with Crippen molar-refractivity contribution in [2.45, 2.75) is 19.8 Å². The topological polar surface area (TPSA) is 101 Å². The molecule has 2 amide bonds. The average molecular weight is 362 g/mol. The van der Waals surface area contributed by atoms with Gasteiger partial charge in [-0.1, -0.05) is 24.6 Å². The first-order valence-electron chi connectivity index (χ1n) is 7.56. The molecule has 2 aromatic rings. The molecule has 8 heteroatoms. The molecule has 0 aromatic heterocycles. The van der Waals surface area contributed by atoms with E-state index in [1.54, 1.807) is 24.3 Å². The minimum absolute atomic E-state index is 0.102. The Morgan fingerprint density at radius 1 is 1.12 bits per heavy atom. The van der Waals surface area contributed by atoms with Crippen LogP contribution in [0.25, 0.3) is 0 Å². The summed E-state index contributed by atoms with van der Waals surface area (Å²) in [6, 6.07) is 10.4. The predicted octanol–water partition coefficient (Wildman–Crippen LogP) is 4.24. The minimum Gasteiger partial charge on any atom is -0.326 e. The molecule has 0 aliphatic carbocycles. The number of nitrogens with zero attached hydrogens (tertiary/aromatic N) is 1. The van der Waals surface area contributed by atoms with Crippen LogP contribution in [0.4, 0.5) is 17.1 Å². The Morgan fingerprint density at radius 2 is 1.80 bits per heavy atom. The number of hydrogen-bond acceptors (Lipinski definition) is 4. The fourth-order valence-corrected chi connectivity index (χ4v) is 2.34. The monoisotopic (exact) mass is 361 g/mol. The lowest BCUT2D eigenvalue weighted by Gasteiger charge is -2.09. The second kappa shape index (κ2) is 8.25. The van der Waals surface area contributed by atoms with E-state index in [1.807, 2.05) is 6.92 Å². The SMILES string of the molecule is CCCC(=O)Nc1cccc(NC(=O)c2ccc(Cl)cc2[N+](=O)[O-])c1. The van der Waals surface area contributed by atoms with Crippen molar-refractivity contribution >= 4 is 40.5 Å². The average Bonchev–Trinajstić information content (AvgIpc) is 2.55. The fourth-order valence-electron chi connectivity index (χ4n) is 2.17. The van der Waals surface area contributed by atoms with Crippen LogP contribution in [0, 0.1) is 10.1 Å². The quantitative estimate of drug-likeness (QED) is 0.593. The summed E-state index contributed by atoms with van der Waals surface area (Å²) in [5.41, 5.74) is 0.456. The molecule has 0 fully saturated rings. The Bertz CT molecular complexity index is 823. The standard InChI is InChI=1S/C17H16ClN3O4/c1-2-4-16(22)19-12-5-3-6-13(10-12)20-17(23)14-8-7-11(18)9-15(14)21(24)25/h3,5-10H,2,4H2,1H3,(H,19,22)(H,20,23). The number of amides is 2. The van der Waals surface area contributed by atoms with Crippen molar-refractivity contribution in [2.75, 3.05) is 10.6 Å². The molecule has 0 aliphatic heterocycles. The number of rotatable bonds is 6. The zero-order valence-corrected chi connectivity index (χ0v) is 14.2. The summed E-state index contributed by atoms with van der Waals surface area (Å²) in [6.45, 7) is 1.90. The molecule has 0 heterocycles. The highest BCUT2D eigenvalue weighted by atomic mass is 35.5. The van der Waals surface area contributed by atoms with Gasteiger partial charge in [-0.3, -0.25) is 19.7 Å². The Labute approximate surface area is 149 Å². The molecule has 2 N–H and O–H groups in total. The van der Waals surface area contributed by atoms with Gasteiger partial charge in [-0.05, 0) is 36.8 Å². The van der Waals surface area contributed by atoms with Gasteiger partial charge >= 0.3 is 0 Å². The summed E-state index contributed by atoms with van der Waals surface area (Å²) in [5.74, 6) is -0.764. The first-order valence-corrected chi connectivity index (χ1v) is 7.93. The molecular formula is C17H16ClN3O4. The summed E-state index contributed by atoms with van der Waals surface area (Å²) in [4.78, 5) is 34.4. The number of nitro benzene ring substituents is 1. The van der Waals surface area contributed by atoms with Crippen LogP contribution in [0.1, 0.15) is 30.1 Å². The Hall–Kier alpha value is -2.93. The maximum absolute atomic E-state index is 12.3. The van der Waals surface area contributed by atoms with Crippen molar-refractivity contribution in [3.8, 4) is 0 Å². The number of nitrogens with one attached hydrogen (secondary N) is 2. The van der Waals surface area contributed by atoms with Crippen molar-refractivity contribution in [3.05, 3.63) is 63.2 Å². The summed E-state index contributed by atoms with van der Waals surface area (Å²) < 4.78 is 0. The first kappa shape index (κ1) is 18.4. The zero-order valence-electron chi connectivity index (χ0n) is 13.4. The molecule has 2 aromatic carbocycles. The molecule has 2 rings (SSSR count). The summed E-state index contributed by atoms with van der Waals surface area (Å²) in [5, 5.41) is 16.6. The number of anilines is 2. The van der Waals surface area contributed by atoms with Crippen molar-refractivity contribution in [3.63, 3.8) is 0 Å². The number of hydrogen-bond donors (Lipinski definition) is 2. The highest BCUT2D eigenvalue weighted by molar-refractivity contribution is 6.31. The number of carbonyl (C=O) groups is 2. The number of benzene rings is 2. The third kappa shape index (κ3) is 5.02. The normalized spacial score (nSPS) is 10.2. The largest absolute Gasteiger partial charge is 0.326 e. The van der Waals surface area contributed by atoms with Crippen molar-refractivity contribution in [1.29, 1.82) is 0 Å². The Kier molecular flexibility index (Phi) is 6.08. The summed E-state index contributed by atoms with van der Waals surface area (Å²) in [7, 11) is 0. The van der Waals surface area contributed by atoms with Gasteiger partial charge in [-0.2, -0.15) is 0 Å². The molecule has 0 radical (unpaired) electrons. The molecule has 0 aliphatic rings. The number of nitro groups is 1. The maximum atomic E-state index is 12.3. The van der Waals surface area contributed by atoms with Gasteiger partial charge in [0.05, 0.1) is 4.92 Å². The van der Waals surface area contributed by atoms with E-state index < -0.39 is 10.8 Å². The minimum atomic E-state index is -0.664. The molecule has 25 heavy (non-hydrogen) atoms. The van der Waals surface area contributed by atoms with Gasteiger partial charge in [-0.25, -0.2) is 0 Å². The van der Waals surface area contributed by atoms with Crippen LogP contribution in [-0.4, -0.2) is 16.7 Å². The van der Waals surface area contributed by atoms with E-state index in [2.05, 4.69) is 10.6 Å². The van der Waals surface area contributed by atoms with E-state index in [1.165, 1.54) is 12.1 Å². The molecule has 0 unspecified atom stereocenters. The second-order valence-electron chi connectivity index (χ2n) is 5.25. The number of halogens is 1. The molecular weight excluding hydrogens is 346 g/mol. The van der Waals surface area contributed by atoms with Crippen LogP contribution in [0.5, 0.6) is 0 Å². The lowest BCUT2D eigenvalue weighted by molar-refractivity contribution is -0.385. The van der Waals surface area contributed by atoms with Gasteiger partial charge in [0, 0.05) is 28.9 Å². The van der Waals surface area contributed by atoms with E-state index >= 15 is 0 Å². The second-order valence-corrected chi connectivity index (χ2v) is 5.69. The number of carbonyl (C=O) groups excluding carboxylic acids is 2. The van der Waals surface area contributed by atoms with Gasteiger partial charge in [0.1, 0.15) is 5.56 Å². The highest BCUT2D eigenvalue weighted by Crippen LogP contribution is 2.24. The molecule has 0 spiro atoms. The van der Waals surface area contributed by atoms with Crippen LogP contribution >= 0.6 is 11.6 Å². The third-order valence-corrected chi connectivity index (χ3v) is 3.52. The van der Waals surface area contributed by atoms with E-state index in [0.29, 0.717) is 17.8 Å². The molecule has 0 atom stereocenters. The lowest BCUT2D eigenvalue weighted by Crippen LogP contribution is -2.15. The highest BCUT2D eigenvalue weighted by Gasteiger charge is 2.20. The van der Waals surface area contributed by atoms with Gasteiger partial charge in [0.25, 0.3) is 11.6 Å². The summed E-state index contributed by atoms with van der Waals surface area (Å²) >= 11 is 5.74. The van der Waals surface area contributed by atoms with E-state index in [4.69, 9.17) is 11.6 Å². The van der Waals surface area contributed by atoms with Crippen LogP contribution < -0.4 is 10.6 Å². The van der Waals surface area contributed by atoms with Crippen LogP contribution in [0.2, 0.25) is 5.02 Å². The van der Waals surface area contributed by atoms with Gasteiger partial charge < -0.3 is 10.6 Å². The molecule has 0 saturated heterocycles. The molecule has 0 saturated carbocycles. The zero-order chi connectivity index (χ0) is 18.4. The van der Waals surface area contributed by atoms with Crippen LogP contribution in [0.3, 0.4) is 0 Å². The van der Waals surface area contributed by atoms with Gasteiger partial charge in [0.2, 0.25) is 5.91 Å². The predicted molar refractivity (Wildman–Crippen MR) is 96.0 cm³/mol. The van der Waals surface area contributed by atoms with E-state index in [0.717, 1.165) is 12.5 Å². The smallest absolute Gasteiger partial charge is 0.283 e. The molecule has 0 bridgehead atoms. The van der Waals surface area contributed by atoms with Crippen molar-refractivity contribution in [1.82, 2.24) is 0 Å². The van der Waals surface area contributed by atoms with Gasteiger partial charge in [0.15, 0.2) is 0 Å². The van der Waals surface area contributed by atoms with Crippen molar-refractivity contribution < 1.29 is 14.5 Å². The summed E-state index contributed by atoms with van der Waals surface area (Å²) in [6.07, 6.45) is 1.12. The molecule has 7 nitrogen and oxygen atoms in total. The lowest BCUT2D eigenvalue weighted by atomic mass is 10.1. The maximum Gasteiger partial charge on any atom is 0.283 e. The fraction of sp³-hybridized carbons (Fsp3) is 0.176. The Morgan fingerprint density at radius 3 is 2.44 bits per heavy atom. The van der Waals surface area contributed by atoms with Gasteiger partial charge in [-0.15, -0.1) is 0 Å². The first-order chi connectivity index (χ1) is 11.9. The van der Waals surface area contributed by atoms with Crippen LogP contribution in [0.15, 0.2) is 42.5 Å².